The largest absolute Gasteiger partial charge is 0.405 e. The van der Waals surface area contributed by atoms with E-state index in [0.29, 0.717) is 17.5 Å². The van der Waals surface area contributed by atoms with Gasteiger partial charge in [0.1, 0.15) is 12.4 Å². The van der Waals surface area contributed by atoms with Gasteiger partial charge in [-0.3, -0.25) is 4.79 Å². The molecule has 0 fully saturated rings. The second kappa shape index (κ2) is 7.49. The smallest absolute Gasteiger partial charge is 0.346 e. The molecule has 0 aliphatic rings. The van der Waals surface area contributed by atoms with E-state index >= 15 is 0 Å². The zero-order chi connectivity index (χ0) is 16.9. The summed E-state index contributed by atoms with van der Waals surface area (Å²) >= 11 is 1.06. The van der Waals surface area contributed by atoms with Gasteiger partial charge >= 0.3 is 6.18 Å². The third-order valence-electron chi connectivity index (χ3n) is 2.90. The standard InChI is InChI=1S/C14H15F3N4OS/c1-10-19-20-13(21(10)7-11-5-3-2-4-6-11)23-8-12(22)18-9-14(15,16)17/h2-6H,7-9H2,1H3,(H,18,22). The average Bonchev–Trinajstić information content (AvgIpc) is 2.84. The fourth-order valence-electron chi connectivity index (χ4n) is 1.80. The summed E-state index contributed by atoms with van der Waals surface area (Å²) < 4.78 is 37.9. The summed E-state index contributed by atoms with van der Waals surface area (Å²) in [6.45, 7) is 0.984. The van der Waals surface area contributed by atoms with Crippen molar-refractivity contribution >= 4 is 17.7 Å². The zero-order valence-corrected chi connectivity index (χ0v) is 13.1. The van der Waals surface area contributed by atoms with Gasteiger partial charge in [0.25, 0.3) is 0 Å². The van der Waals surface area contributed by atoms with E-state index in [1.807, 2.05) is 40.2 Å². The lowest BCUT2D eigenvalue weighted by molar-refractivity contribution is -0.136. The first kappa shape index (κ1) is 17.3. The van der Waals surface area contributed by atoms with E-state index in [1.54, 1.807) is 6.92 Å². The van der Waals surface area contributed by atoms with Crippen LogP contribution in [0, 0.1) is 6.92 Å². The molecule has 0 saturated carbocycles. The summed E-state index contributed by atoms with van der Waals surface area (Å²) in [6, 6.07) is 9.62. The number of aromatic nitrogens is 3. The van der Waals surface area contributed by atoms with E-state index < -0.39 is 18.6 Å². The van der Waals surface area contributed by atoms with E-state index in [2.05, 4.69) is 10.2 Å². The molecule has 0 aliphatic carbocycles. The van der Waals surface area contributed by atoms with Crippen molar-refractivity contribution < 1.29 is 18.0 Å². The van der Waals surface area contributed by atoms with Crippen LogP contribution in [-0.4, -0.2) is 39.1 Å². The number of nitrogens with zero attached hydrogens (tertiary/aromatic N) is 3. The molecule has 0 atom stereocenters. The highest BCUT2D eigenvalue weighted by Crippen LogP contribution is 2.18. The molecule has 1 aromatic heterocycles. The molecule has 0 radical (unpaired) electrons. The first-order valence-electron chi connectivity index (χ1n) is 6.75. The molecule has 0 unspecified atom stereocenters. The SMILES string of the molecule is Cc1nnc(SCC(=O)NCC(F)(F)F)n1Cc1ccccc1. The Bertz CT molecular complexity index is 658. The number of halogens is 3. The van der Waals surface area contributed by atoms with Gasteiger partial charge in [-0.15, -0.1) is 10.2 Å². The van der Waals surface area contributed by atoms with Crippen molar-refractivity contribution in [3.63, 3.8) is 0 Å². The summed E-state index contributed by atoms with van der Waals surface area (Å²) in [5, 5.41) is 10.2. The van der Waals surface area contributed by atoms with Crippen LogP contribution < -0.4 is 5.32 Å². The fourth-order valence-corrected chi connectivity index (χ4v) is 2.61. The van der Waals surface area contributed by atoms with Crippen molar-refractivity contribution in [1.29, 1.82) is 0 Å². The predicted octanol–water partition coefficient (Wildman–Crippen LogP) is 2.41. The molecule has 1 amide bonds. The Hall–Kier alpha value is -2.03. The number of alkyl halides is 3. The molecule has 2 rings (SSSR count). The molecule has 1 heterocycles. The summed E-state index contributed by atoms with van der Waals surface area (Å²) in [7, 11) is 0. The lowest BCUT2D eigenvalue weighted by Gasteiger charge is -2.09. The van der Waals surface area contributed by atoms with Crippen molar-refractivity contribution in [2.75, 3.05) is 12.3 Å². The van der Waals surface area contributed by atoms with Crippen LogP contribution in [0.2, 0.25) is 0 Å². The lowest BCUT2D eigenvalue weighted by Crippen LogP contribution is -2.34. The number of hydrogen-bond donors (Lipinski definition) is 1. The summed E-state index contributed by atoms with van der Waals surface area (Å²) in [4.78, 5) is 11.5. The van der Waals surface area contributed by atoms with Crippen LogP contribution in [0.5, 0.6) is 0 Å². The molecule has 5 nitrogen and oxygen atoms in total. The van der Waals surface area contributed by atoms with E-state index in [1.165, 1.54) is 0 Å². The lowest BCUT2D eigenvalue weighted by atomic mass is 10.2. The van der Waals surface area contributed by atoms with Gasteiger partial charge in [-0.05, 0) is 12.5 Å². The number of carbonyl (C=O) groups is 1. The zero-order valence-electron chi connectivity index (χ0n) is 12.3. The molecule has 0 spiro atoms. The van der Waals surface area contributed by atoms with E-state index in [4.69, 9.17) is 0 Å². The van der Waals surface area contributed by atoms with Gasteiger partial charge in [0, 0.05) is 0 Å². The third-order valence-corrected chi connectivity index (χ3v) is 3.87. The van der Waals surface area contributed by atoms with Crippen LogP contribution in [0.15, 0.2) is 35.5 Å². The Balaban J connectivity index is 1.95. The first-order chi connectivity index (χ1) is 10.8. The molecule has 9 heteroatoms. The number of aryl methyl sites for hydroxylation is 1. The van der Waals surface area contributed by atoms with E-state index in [-0.39, 0.29) is 5.75 Å². The van der Waals surface area contributed by atoms with Crippen molar-refractivity contribution in [2.45, 2.75) is 24.8 Å². The maximum absolute atomic E-state index is 12.0. The maximum atomic E-state index is 12.0. The van der Waals surface area contributed by atoms with Gasteiger partial charge < -0.3 is 9.88 Å². The fraction of sp³-hybridized carbons (Fsp3) is 0.357. The first-order valence-corrected chi connectivity index (χ1v) is 7.74. The number of nitrogens with one attached hydrogen (secondary N) is 1. The van der Waals surface area contributed by atoms with Crippen LogP contribution in [0.3, 0.4) is 0 Å². The topological polar surface area (TPSA) is 59.8 Å². The number of carbonyl (C=O) groups excluding carboxylic acids is 1. The number of rotatable bonds is 6. The van der Waals surface area contributed by atoms with Gasteiger partial charge in [-0.25, -0.2) is 0 Å². The highest BCUT2D eigenvalue weighted by molar-refractivity contribution is 7.99. The van der Waals surface area contributed by atoms with Gasteiger partial charge in [0.05, 0.1) is 12.3 Å². The molecule has 0 saturated heterocycles. The van der Waals surface area contributed by atoms with Crippen LogP contribution in [0.4, 0.5) is 13.2 Å². The van der Waals surface area contributed by atoms with Gasteiger partial charge in [-0.1, -0.05) is 42.1 Å². The molecular formula is C14H15F3N4OS. The molecule has 0 bridgehead atoms. The molecular weight excluding hydrogens is 329 g/mol. The van der Waals surface area contributed by atoms with Gasteiger partial charge in [0.2, 0.25) is 5.91 Å². The Kier molecular flexibility index (Phi) is 5.64. The number of thioether (sulfide) groups is 1. The Morgan fingerprint density at radius 2 is 1.96 bits per heavy atom. The van der Waals surface area contributed by atoms with E-state index in [0.717, 1.165) is 17.3 Å². The number of hydrogen-bond acceptors (Lipinski definition) is 4. The highest BCUT2D eigenvalue weighted by Gasteiger charge is 2.27. The summed E-state index contributed by atoms with van der Waals surface area (Å²) in [6.07, 6.45) is -4.41. The van der Waals surface area contributed by atoms with Gasteiger partial charge in [0.15, 0.2) is 5.16 Å². The molecule has 0 aliphatic heterocycles. The average molecular weight is 344 g/mol. The highest BCUT2D eigenvalue weighted by atomic mass is 32.2. The van der Waals surface area contributed by atoms with Crippen LogP contribution in [-0.2, 0) is 11.3 Å². The maximum Gasteiger partial charge on any atom is 0.405 e. The van der Waals surface area contributed by atoms with Crippen molar-refractivity contribution in [3.05, 3.63) is 41.7 Å². The van der Waals surface area contributed by atoms with Crippen LogP contribution in [0.25, 0.3) is 0 Å². The Morgan fingerprint density at radius 1 is 1.26 bits per heavy atom. The quantitative estimate of drug-likeness (QED) is 0.818. The monoisotopic (exact) mass is 344 g/mol. The van der Waals surface area contributed by atoms with Crippen LogP contribution >= 0.6 is 11.8 Å². The minimum Gasteiger partial charge on any atom is -0.346 e. The van der Waals surface area contributed by atoms with Crippen molar-refractivity contribution in [1.82, 2.24) is 20.1 Å². The Labute approximate surface area is 135 Å². The van der Waals surface area contributed by atoms with Gasteiger partial charge in [-0.2, -0.15) is 13.2 Å². The van der Waals surface area contributed by atoms with E-state index in [9.17, 15) is 18.0 Å². The molecule has 124 valence electrons. The third kappa shape index (κ3) is 5.59. The summed E-state index contributed by atoms with van der Waals surface area (Å²) in [5.74, 6) is -0.172. The molecule has 1 aromatic carbocycles. The minimum atomic E-state index is -4.41. The molecule has 2 aromatic rings. The van der Waals surface area contributed by atoms with Crippen molar-refractivity contribution in [3.8, 4) is 0 Å². The number of amides is 1. The second-order valence-corrected chi connectivity index (χ2v) is 5.72. The minimum absolute atomic E-state index is 0.150. The molecule has 23 heavy (non-hydrogen) atoms. The summed E-state index contributed by atoms with van der Waals surface area (Å²) in [5.41, 5.74) is 1.04. The molecule has 1 N–H and O–H groups in total. The number of benzene rings is 1. The normalized spacial score (nSPS) is 11.5. The second-order valence-electron chi connectivity index (χ2n) is 4.78. The predicted molar refractivity (Wildman–Crippen MR) is 80.1 cm³/mol. The Morgan fingerprint density at radius 3 is 2.61 bits per heavy atom. The van der Waals surface area contributed by atoms with Crippen molar-refractivity contribution in [2.24, 2.45) is 0 Å². The van der Waals surface area contributed by atoms with Crippen LogP contribution in [0.1, 0.15) is 11.4 Å².